The van der Waals surface area contributed by atoms with Crippen molar-refractivity contribution in [2.24, 2.45) is 5.41 Å². The fourth-order valence-corrected chi connectivity index (χ4v) is 5.94. The highest BCUT2D eigenvalue weighted by Gasteiger charge is 2.53. The largest absolute Gasteiger partial charge is 0.382 e. The molecule has 2 aromatic carbocycles. The van der Waals surface area contributed by atoms with E-state index in [-0.39, 0.29) is 49.1 Å². The van der Waals surface area contributed by atoms with Crippen LogP contribution in [0, 0.1) is 29.5 Å². The first-order chi connectivity index (χ1) is 21.0. The van der Waals surface area contributed by atoms with Gasteiger partial charge in [-0.3, -0.25) is 4.79 Å². The Morgan fingerprint density at radius 3 is 2.39 bits per heavy atom. The summed E-state index contributed by atoms with van der Waals surface area (Å²) in [6.07, 6.45) is 3.67. The highest BCUT2D eigenvalue weighted by Crippen LogP contribution is 2.49. The number of hydrogen-bond acceptors (Lipinski definition) is 7. The van der Waals surface area contributed by atoms with Gasteiger partial charge in [-0.1, -0.05) is 36.7 Å². The predicted octanol–water partition coefficient (Wildman–Crippen LogP) is 5.93. The van der Waals surface area contributed by atoms with Gasteiger partial charge in [0.15, 0.2) is 6.23 Å². The summed E-state index contributed by atoms with van der Waals surface area (Å²) in [4.78, 5) is 23.5. The highest BCUT2D eigenvalue weighted by atomic mass is 35.5. The molecule has 3 heterocycles. The summed E-state index contributed by atoms with van der Waals surface area (Å²) >= 11 is 5.54. The van der Waals surface area contributed by atoms with Gasteiger partial charge in [-0.05, 0) is 87.5 Å². The third kappa shape index (κ3) is 6.33. The van der Waals surface area contributed by atoms with Gasteiger partial charge in [-0.25, -0.2) is 18.7 Å². The molecule has 3 aromatic rings. The molecule has 0 bridgehead atoms. The molecule has 1 saturated heterocycles. The van der Waals surface area contributed by atoms with Crippen LogP contribution >= 0.6 is 11.6 Å². The van der Waals surface area contributed by atoms with E-state index in [9.17, 15) is 15.2 Å². The molecule has 0 spiro atoms. The molecular weight excluding hydrogens is 588 g/mol. The van der Waals surface area contributed by atoms with Crippen LogP contribution in [0.15, 0.2) is 54.9 Å². The smallest absolute Gasteiger partial charge is 0.257 e. The number of rotatable bonds is 8. The maximum atomic E-state index is 16.1. The summed E-state index contributed by atoms with van der Waals surface area (Å²) in [7, 11) is 0. The summed E-state index contributed by atoms with van der Waals surface area (Å²) in [6, 6.07) is 14.2. The molecule has 2 unspecified atom stereocenters. The Bertz CT molecular complexity index is 1520. The first-order valence-corrected chi connectivity index (χ1v) is 15.2. The van der Waals surface area contributed by atoms with Crippen molar-refractivity contribution in [3.8, 4) is 6.07 Å². The van der Waals surface area contributed by atoms with Crippen molar-refractivity contribution in [2.45, 2.75) is 70.0 Å². The summed E-state index contributed by atoms with van der Waals surface area (Å²) in [5.41, 5.74) is -3.65. The van der Waals surface area contributed by atoms with Gasteiger partial charge in [0.2, 0.25) is 0 Å². The number of amides is 1. The maximum absolute atomic E-state index is 16.1. The number of aryl methyl sites for hydroxylation is 1. The Balaban J connectivity index is 0.000000484. The molecule has 2 aliphatic heterocycles. The quantitative estimate of drug-likeness (QED) is 0.320. The average Bonchev–Trinajstić information content (AvgIpc) is 3.77. The number of ether oxygens (including phenoxy) is 1. The fraction of sp³-hybridized carbons (Fsp3) is 0.455. The Morgan fingerprint density at radius 1 is 1.18 bits per heavy atom. The molecular formula is C33H36ClF2N5O3. The Kier molecular flexibility index (Phi) is 9.33. The number of alkyl halides is 1. The van der Waals surface area contributed by atoms with Gasteiger partial charge in [0, 0.05) is 23.0 Å². The second kappa shape index (κ2) is 12.9. The van der Waals surface area contributed by atoms with Crippen molar-refractivity contribution >= 4 is 17.5 Å². The topological polar surface area (TPSA) is 111 Å². The molecule has 44 heavy (non-hydrogen) atoms. The molecule has 8 nitrogen and oxygen atoms in total. The molecule has 0 radical (unpaired) electrons. The molecule has 2 atom stereocenters. The van der Waals surface area contributed by atoms with E-state index in [1.165, 1.54) is 11.0 Å². The minimum absolute atomic E-state index is 0.0123. The number of piperidine rings is 1. The Hall–Kier alpha value is -3.49. The second-order valence-corrected chi connectivity index (χ2v) is 12.2. The van der Waals surface area contributed by atoms with Gasteiger partial charge in [-0.2, -0.15) is 5.26 Å². The number of aromatic nitrogens is 2. The van der Waals surface area contributed by atoms with E-state index in [4.69, 9.17) is 16.3 Å². The number of aliphatic hydroxyl groups is 1. The minimum Gasteiger partial charge on any atom is -0.382 e. The normalized spacial score (nSPS) is 21.0. The van der Waals surface area contributed by atoms with Crippen molar-refractivity contribution in [1.29, 1.82) is 5.26 Å². The Morgan fingerprint density at radius 2 is 1.84 bits per heavy atom. The SMILES string of the molecule is CCC(O)(c1cc(F)c2c(c1)C(=O)N(Cc1ncc(C)cn1)C2OCC1(C#N)CC1)C1(F)CCNCC1.Clc1ccccc1. The lowest BCUT2D eigenvalue weighted by Gasteiger charge is -2.44. The van der Waals surface area contributed by atoms with Gasteiger partial charge < -0.3 is 20.1 Å². The minimum atomic E-state index is -1.97. The lowest BCUT2D eigenvalue weighted by molar-refractivity contribution is -0.127. The van der Waals surface area contributed by atoms with Crippen molar-refractivity contribution in [3.63, 3.8) is 0 Å². The molecule has 232 valence electrons. The molecule has 1 aliphatic carbocycles. The van der Waals surface area contributed by atoms with Gasteiger partial charge in [-0.15, -0.1) is 0 Å². The maximum Gasteiger partial charge on any atom is 0.257 e. The zero-order valence-corrected chi connectivity index (χ0v) is 25.6. The number of fused-ring (bicyclic) bond motifs is 1. The number of nitrogens with zero attached hydrogens (tertiary/aromatic N) is 4. The lowest BCUT2D eigenvalue weighted by Crippen LogP contribution is -2.53. The van der Waals surface area contributed by atoms with Crippen LogP contribution in [0.2, 0.25) is 5.02 Å². The number of benzene rings is 2. The molecule has 1 aromatic heterocycles. The van der Waals surface area contributed by atoms with Crippen LogP contribution in [0.4, 0.5) is 8.78 Å². The monoisotopic (exact) mass is 623 g/mol. The summed E-state index contributed by atoms with van der Waals surface area (Å²) in [6.45, 7) is 4.30. The summed E-state index contributed by atoms with van der Waals surface area (Å²) in [5, 5.41) is 24.9. The van der Waals surface area contributed by atoms with E-state index in [1.807, 2.05) is 37.3 Å². The van der Waals surface area contributed by atoms with Gasteiger partial charge >= 0.3 is 0 Å². The van der Waals surface area contributed by atoms with Crippen LogP contribution in [0.1, 0.15) is 78.1 Å². The standard InChI is InChI=1S/C27H31F2N5O3.C6H5Cl/c1-3-27(36,26(29)6-8-31-9-7-26)18-10-19-22(20(28)11-18)24(37-16-25(15-30)4-5-25)34(23(19)35)14-21-32-12-17(2)13-33-21;7-6-4-2-1-3-5-6/h10-13,24,31,36H,3-9,14,16H2,1-2H3;1-5H. The van der Waals surface area contributed by atoms with Crippen molar-refractivity contribution < 1.29 is 23.4 Å². The molecule has 6 rings (SSSR count). The van der Waals surface area contributed by atoms with Crippen LogP contribution in [-0.2, 0) is 16.9 Å². The number of hydrogen-bond donors (Lipinski definition) is 2. The third-order valence-electron chi connectivity index (χ3n) is 8.76. The van der Waals surface area contributed by atoms with Gasteiger partial charge in [0.25, 0.3) is 5.91 Å². The molecule has 1 saturated carbocycles. The van der Waals surface area contributed by atoms with Crippen molar-refractivity contribution in [3.05, 3.63) is 93.8 Å². The van der Waals surface area contributed by atoms with Crippen molar-refractivity contribution in [1.82, 2.24) is 20.2 Å². The first-order valence-electron chi connectivity index (χ1n) is 14.8. The van der Waals surface area contributed by atoms with Crippen LogP contribution in [0.3, 0.4) is 0 Å². The molecule has 1 amide bonds. The average molecular weight is 624 g/mol. The first kappa shape index (κ1) is 31.9. The zero-order chi connectivity index (χ0) is 31.5. The number of carbonyl (C=O) groups excluding carboxylic acids is 1. The van der Waals surface area contributed by atoms with E-state index < -0.39 is 34.6 Å². The van der Waals surface area contributed by atoms with Crippen LogP contribution in [-0.4, -0.2) is 51.2 Å². The van der Waals surface area contributed by atoms with Crippen LogP contribution in [0.5, 0.6) is 0 Å². The van der Waals surface area contributed by atoms with E-state index >= 15 is 8.78 Å². The zero-order valence-electron chi connectivity index (χ0n) is 24.8. The molecule has 2 N–H and O–H groups in total. The van der Waals surface area contributed by atoms with Crippen molar-refractivity contribution in [2.75, 3.05) is 19.7 Å². The summed E-state index contributed by atoms with van der Waals surface area (Å²) < 4.78 is 37.9. The summed E-state index contributed by atoms with van der Waals surface area (Å²) in [5.74, 6) is -0.933. The van der Waals surface area contributed by atoms with Crippen LogP contribution < -0.4 is 5.32 Å². The third-order valence-corrected chi connectivity index (χ3v) is 9.02. The molecule has 2 fully saturated rings. The lowest BCUT2D eigenvalue weighted by atomic mass is 9.71. The van der Waals surface area contributed by atoms with E-state index in [0.29, 0.717) is 31.8 Å². The number of nitriles is 1. The van der Waals surface area contributed by atoms with Gasteiger partial charge in [0.05, 0.1) is 30.2 Å². The van der Waals surface area contributed by atoms with E-state index in [2.05, 4.69) is 21.4 Å². The molecule has 3 aliphatic rings. The number of carbonyl (C=O) groups is 1. The number of nitrogens with one attached hydrogen (secondary N) is 1. The van der Waals surface area contributed by atoms with E-state index in [0.717, 1.165) is 16.7 Å². The second-order valence-electron chi connectivity index (χ2n) is 11.8. The fourth-order valence-electron chi connectivity index (χ4n) is 5.79. The Labute approximate surface area is 261 Å². The van der Waals surface area contributed by atoms with E-state index in [1.54, 1.807) is 19.3 Å². The van der Waals surface area contributed by atoms with Gasteiger partial charge in [0.1, 0.15) is 22.9 Å². The molecule has 11 heteroatoms. The number of halogens is 3. The van der Waals surface area contributed by atoms with Crippen LogP contribution in [0.25, 0.3) is 0 Å². The highest BCUT2D eigenvalue weighted by molar-refractivity contribution is 6.30. The predicted molar refractivity (Wildman–Crippen MR) is 161 cm³/mol.